The van der Waals surface area contributed by atoms with Gasteiger partial charge in [0.25, 0.3) is 5.91 Å². The van der Waals surface area contributed by atoms with Crippen molar-refractivity contribution in [1.82, 2.24) is 0 Å². The number of carbonyl (C=O) groups excluding carboxylic acids is 1. The first-order valence-corrected chi connectivity index (χ1v) is 7.68. The Morgan fingerprint density at radius 3 is 2.57 bits per heavy atom. The number of hydrogen-bond donors (Lipinski definition) is 1. The van der Waals surface area contributed by atoms with Gasteiger partial charge in [-0.15, -0.1) is 0 Å². The summed E-state index contributed by atoms with van der Waals surface area (Å²) in [6, 6.07) is 7.32. The lowest BCUT2D eigenvalue weighted by Crippen LogP contribution is -2.13. The summed E-state index contributed by atoms with van der Waals surface area (Å²) in [4.78, 5) is 12.2. The molecule has 0 saturated heterocycles. The monoisotopic (exact) mass is 435 g/mol. The van der Waals surface area contributed by atoms with Gasteiger partial charge < -0.3 is 10.1 Å². The maximum atomic E-state index is 13.5. The molecular formula is C14H9Br2ClFNO2. The third-order valence-corrected chi connectivity index (χ3v) is 4.09. The molecular weight excluding hydrogens is 428 g/mol. The van der Waals surface area contributed by atoms with E-state index < -0.39 is 11.7 Å². The van der Waals surface area contributed by atoms with Crippen molar-refractivity contribution in [2.75, 3.05) is 12.4 Å². The van der Waals surface area contributed by atoms with E-state index in [1.54, 1.807) is 12.1 Å². The van der Waals surface area contributed by atoms with Gasteiger partial charge in [0.05, 0.1) is 21.7 Å². The standard InChI is InChI=1S/C14H9Br2ClFNO2/c1-21-13-10(16)5-8(17)6-12(13)19-14(20)7-2-3-9(15)11(18)4-7/h2-6H,1H3,(H,19,20). The quantitative estimate of drug-likeness (QED) is 0.711. The van der Waals surface area contributed by atoms with Crippen LogP contribution in [0.25, 0.3) is 0 Å². The molecule has 2 aromatic carbocycles. The first-order valence-electron chi connectivity index (χ1n) is 5.72. The molecule has 0 heterocycles. The van der Waals surface area contributed by atoms with Crippen LogP contribution in [0.1, 0.15) is 10.4 Å². The van der Waals surface area contributed by atoms with Crippen LogP contribution >= 0.6 is 43.5 Å². The van der Waals surface area contributed by atoms with Crippen molar-refractivity contribution in [3.63, 3.8) is 0 Å². The highest BCUT2D eigenvalue weighted by Gasteiger charge is 2.14. The van der Waals surface area contributed by atoms with Crippen molar-refractivity contribution in [3.05, 3.63) is 55.7 Å². The van der Waals surface area contributed by atoms with Crippen LogP contribution < -0.4 is 10.1 Å². The van der Waals surface area contributed by atoms with Gasteiger partial charge in [-0.3, -0.25) is 4.79 Å². The Bertz CT molecular complexity index is 710. The van der Waals surface area contributed by atoms with Crippen molar-refractivity contribution in [2.24, 2.45) is 0 Å². The van der Waals surface area contributed by atoms with Gasteiger partial charge in [0.15, 0.2) is 5.75 Å². The Balaban J connectivity index is 2.33. The van der Waals surface area contributed by atoms with Crippen LogP contribution in [0.2, 0.25) is 5.02 Å². The number of hydrogen-bond acceptors (Lipinski definition) is 2. The molecule has 0 bridgehead atoms. The molecule has 0 aliphatic carbocycles. The summed E-state index contributed by atoms with van der Waals surface area (Å²) in [5.74, 6) is -0.541. The summed E-state index contributed by atoms with van der Waals surface area (Å²) in [6.07, 6.45) is 0. The first-order chi connectivity index (χ1) is 9.92. The van der Waals surface area contributed by atoms with E-state index in [1.165, 1.54) is 19.2 Å². The van der Waals surface area contributed by atoms with E-state index in [0.29, 0.717) is 25.4 Å². The average molecular weight is 437 g/mol. The molecule has 0 aliphatic heterocycles. The highest BCUT2D eigenvalue weighted by molar-refractivity contribution is 9.10. The molecule has 7 heteroatoms. The lowest BCUT2D eigenvalue weighted by atomic mass is 10.2. The third-order valence-electron chi connectivity index (χ3n) is 2.64. The second kappa shape index (κ2) is 6.77. The second-order valence-electron chi connectivity index (χ2n) is 4.05. The normalized spacial score (nSPS) is 10.3. The van der Waals surface area contributed by atoms with Gasteiger partial charge in [-0.25, -0.2) is 4.39 Å². The molecule has 0 unspecified atom stereocenters. The van der Waals surface area contributed by atoms with Crippen molar-refractivity contribution >= 4 is 55.1 Å². The van der Waals surface area contributed by atoms with Gasteiger partial charge in [-0.2, -0.15) is 0 Å². The van der Waals surface area contributed by atoms with E-state index >= 15 is 0 Å². The largest absolute Gasteiger partial charge is 0.493 e. The predicted molar refractivity (Wildman–Crippen MR) is 87.8 cm³/mol. The first kappa shape index (κ1) is 16.3. The predicted octanol–water partition coefficient (Wildman–Crippen LogP) is 5.27. The van der Waals surface area contributed by atoms with Crippen molar-refractivity contribution in [1.29, 1.82) is 0 Å². The molecule has 21 heavy (non-hydrogen) atoms. The number of ether oxygens (including phenoxy) is 1. The third kappa shape index (κ3) is 3.75. The molecule has 1 N–H and O–H groups in total. The highest BCUT2D eigenvalue weighted by Crippen LogP contribution is 2.36. The van der Waals surface area contributed by atoms with E-state index in [-0.39, 0.29) is 5.56 Å². The zero-order chi connectivity index (χ0) is 15.6. The number of benzene rings is 2. The Morgan fingerprint density at radius 2 is 1.95 bits per heavy atom. The fraction of sp³-hybridized carbons (Fsp3) is 0.0714. The highest BCUT2D eigenvalue weighted by atomic mass is 79.9. The molecule has 0 aliphatic rings. The molecule has 3 nitrogen and oxygen atoms in total. The Labute approximate surface area is 142 Å². The summed E-state index contributed by atoms with van der Waals surface area (Å²) < 4.78 is 19.6. The zero-order valence-electron chi connectivity index (χ0n) is 10.7. The second-order valence-corrected chi connectivity index (χ2v) is 6.20. The summed E-state index contributed by atoms with van der Waals surface area (Å²) >= 11 is 12.3. The van der Waals surface area contributed by atoms with Gasteiger partial charge in [-0.05, 0) is 62.2 Å². The van der Waals surface area contributed by atoms with Crippen LogP contribution in [-0.2, 0) is 0 Å². The topological polar surface area (TPSA) is 38.3 Å². The maximum Gasteiger partial charge on any atom is 0.255 e. The van der Waals surface area contributed by atoms with Gasteiger partial charge in [0, 0.05) is 10.6 Å². The maximum absolute atomic E-state index is 13.5. The summed E-state index contributed by atoms with van der Waals surface area (Å²) in [7, 11) is 1.48. The number of methoxy groups -OCH3 is 1. The fourth-order valence-corrected chi connectivity index (χ4v) is 2.91. The Kier molecular flexibility index (Phi) is 5.24. The van der Waals surface area contributed by atoms with E-state index in [2.05, 4.69) is 37.2 Å². The summed E-state index contributed by atoms with van der Waals surface area (Å²) in [6.45, 7) is 0. The number of nitrogens with one attached hydrogen (secondary N) is 1. The summed E-state index contributed by atoms with van der Waals surface area (Å²) in [5.41, 5.74) is 0.582. The van der Waals surface area contributed by atoms with Crippen LogP contribution in [0, 0.1) is 5.82 Å². The van der Waals surface area contributed by atoms with E-state index in [1.807, 2.05) is 0 Å². The lowest BCUT2D eigenvalue weighted by Gasteiger charge is -2.12. The van der Waals surface area contributed by atoms with E-state index in [9.17, 15) is 9.18 Å². The van der Waals surface area contributed by atoms with Crippen LogP contribution in [-0.4, -0.2) is 13.0 Å². The van der Waals surface area contributed by atoms with Crippen molar-refractivity contribution in [2.45, 2.75) is 0 Å². The number of anilines is 1. The number of rotatable bonds is 3. The van der Waals surface area contributed by atoms with Gasteiger partial charge in [-0.1, -0.05) is 11.6 Å². The minimum Gasteiger partial charge on any atom is -0.493 e. The minimum atomic E-state index is -0.512. The molecule has 1 amide bonds. The molecule has 0 atom stereocenters. The molecule has 110 valence electrons. The van der Waals surface area contributed by atoms with E-state index in [4.69, 9.17) is 16.3 Å². The minimum absolute atomic E-state index is 0.189. The Morgan fingerprint density at radius 1 is 1.24 bits per heavy atom. The van der Waals surface area contributed by atoms with Crippen LogP contribution in [0.4, 0.5) is 10.1 Å². The van der Waals surface area contributed by atoms with Crippen LogP contribution in [0.3, 0.4) is 0 Å². The van der Waals surface area contributed by atoms with E-state index in [0.717, 1.165) is 6.07 Å². The molecule has 0 radical (unpaired) electrons. The van der Waals surface area contributed by atoms with Crippen LogP contribution in [0.15, 0.2) is 39.3 Å². The molecule has 0 saturated carbocycles. The zero-order valence-corrected chi connectivity index (χ0v) is 14.6. The number of amides is 1. The van der Waals surface area contributed by atoms with Gasteiger partial charge in [0.1, 0.15) is 5.82 Å². The molecule has 2 rings (SSSR count). The molecule has 0 fully saturated rings. The smallest absolute Gasteiger partial charge is 0.255 e. The van der Waals surface area contributed by atoms with Gasteiger partial charge >= 0.3 is 0 Å². The van der Waals surface area contributed by atoms with Gasteiger partial charge in [0.2, 0.25) is 0 Å². The molecule has 0 spiro atoms. The van der Waals surface area contributed by atoms with Crippen molar-refractivity contribution in [3.8, 4) is 5.75 Å². The fourth-order valence-electron chi connectivity index (χ4n) is 1.69. The molecule has 2 aromatic rings. The number of halogens is 4. The summed E-state index contributed by atoms with van der Waals surface area (Å²) in [5, 5.41) is 3.08. The SMILES string of the molecule is COc1c(Br)cc(Cl)cc1NC(=O)c1ccc(Br)c(F)c1. The number of carbonyl (C=O) groups is 1. The Hall–Kier alpha value is -1.11. The lowest BCUT2D eigenvalue weighted by molar-refractivity contribution is 0.102. The van der Waals surface area contributed by atoms with Crippen molar-refractivity contribution < 1.29 is 13.9 Å². The average Bonchev–Trinajstić information content (AvgIpc) is 2.41. The van der Waals surface area contributed by atoms with Crippen LogP contribution in [0.5, 0.6) is 5.75 Å². The molecule has 0 aromatic heterocycles.